The van der Waals surface area contributed by atoms with Crippen molar-refractivity contribution in [2.24, 2.45) is 11.5 Å². The zero-order valence-electron chi connectivity index (χ0n) is 10.1. The Morgan fingerprint density at radius 3 is 2.47 bits per heavy atom. The van der Waals surface area contributed by atoms with Gasteiger partial charge in [0.25, 0.3) is 5.91 Å². The first-order chi connectivity index (χ1) is 9.13. The Morgan fingerprint density at radius 2 is 1.79 bits per heavy atom. The molecule has 0 spiro atoms. The van der Waals surface area contributed by atoms with Gasteiger partial charge in [0, 0.05) is 12.1 Å². The Bertz CT molecular complexity index is 614. The molecule has 0 unspecified atom stereocenters. The molecule has 5 heteroatoms. The second-order valence-electron chi connectivity index (χ2n) is 3.88. The highest BCUT2D eigenvalue weighted by atomic mass is 19.1. The quantitative estimate of drug-likeness (QED) is 0.884. The number of rotatable bonds is 4. The maximum Gasteiger partial charge on any atom is 0.252 e. The van der Waals surface area contributed by atoms with Crippen LogP contribution in [0.1, 0.15) is 15.9 Å². The summed E-state index contributed by atoms with van der Waals surface area (Å²) in [6.07, 6.45) is 0. The maximum atomic E-state index is 13.6. The van der Waals surface area contributed by atoms with Gasteiger partial charge < -0.3 is 16.2 Å². The number of nitrogens with two attached hydrogens (primary N) is 2. The predicted octanol–water partition coefficient (Wildman–Crippen LogP) is 2.18. The van der Waals surface area contributed by atoms with E-state index in [0.717, 1.165) is 0 Å². The van der Waals surface area contributed by atoms with E-state index in [1.54, 1.807) is 30.3 Å². The third-order valence-electron chi connectivity index (χ3n) is 2.65. The summed E-state index contributed by atoms with van der Waals surface area (Å²) in [6.45, 7) is 0.000739. The minimum absolute atomic E-state index is 0.000739. The van der Waals surface area contributed by atoms with Crippen LogP contribution < -0.4 is 16.2 Å². The molecule has 0 radical (unpaired) electrons. The highest BCUT2D eigenvalue weighted by Gasteiger charge is 2.13. The lowest BCUT2D eigenvalue weighted by Gasteiger charge is -2.12. The number of hydrogen-bond donors (Lipinski definition) is 2. The maximum absolute atomic E-state index is 13.6. The van der Waals surface area contributed by atoms with Gasteiger partial charge in [-0.25, -0.2) is 4.39 Å². The summed E-state index contributed by atoms with van der Waals surface area (Å²) in [6, 6.07) is 10.9. The third kappa shape index (κ3) is 2.71. The normalized spacial score (nSPS) is 10.2. The number of primary amides is 1. The second kappa shape index (κ2) is 5.49. The average Bonchev–Trinajstić information content (AvgIpc) is 2.39. The van der Waals surface area contributed by atoms with Gasteiger partial charge in [-0.2, -0.15) is 0 Å². The van der Waals surface area contributed by atoms with Crippen molar-refractivity contribution in [3.05, 3.63) is 59.4 Å². The Labute approximate surface area is 109 Å². The lowest BCUT2D eigenvalue weighted by atomic mass is 10.1. The molecule has 4 N–H and O–H groups in total. The predicted molar refractivity (Wildman–Crippen MR) is 69.3 cm³/mol. The smallest absolute Gasteiger partial charge is 0.252 e. The molecule has 1 amide bonds. The molecule has 2 rings (SSSR count). The summed E-state index contributed by atoms with van der Waals surface area (Å²) in [5, 5.41) is 0. The summed E-state index contributed by atoms with van der Waals surface area (Å²) in [7, 11) is 0. The number of carbonyl (C=O) groups excluding carboxylic acids is 1. The minimum atomic E-state index is -0.610. The average molecular weight is 260 g/mol. The Kier molecular flexibility index (Phi) is 3.77. The van der Waals surface area contributed by atoms with Gasteiger partial charge >= 0.3 is 0 Å². The third-order valence-corrected chi connectivity index (χ3v) is 2.65. The SMILES string of the molecule is NCc1c(F)cccc1Oc1ccccc1C(N)=O. The van der Waals surface area contributed by atoms with E-state index >= 15 is 0 Å². The van der Waals surface area contributed by atoms with Crippen molar-refractivity contribution in [1.29, 1.82) is 0 Å². The highest BCUT2D eigenvalue weighted by molar-refractivity contribution is 5.95. The van der Waals surface area contributed by atoms with Crippen LogP contribution in [0.3, 0.4) is 0 Å². The molecule has 0 bridgehead atoms. The van der Waals surface area contributed by atoms with Crippen LogP contribution in [0, 0.1) is 5.82 Å². The first kappa shape index (κ1) is 13.0. The van der Waals surface area contributed by atoms with Crippen molar-refractivity contribution in [2.75, 3.05) is 0 Å². The Hall–Kier alpha value is -2.40. The van der Waals surface area contributed by atoms with E-state index in [1.165, 1.54) is 12.1 Å². The molecular weight excluding hydrogens is 247 g/mol. The molecule has 2 aromatic rings. The number of carbonyl (C=O) groups is 1. The van der Waals surface area contributed by atoms with Crippen LogP contribution in [0.15, 0.2) is 42.5 Å². The van der Waals surface area contributed by atoms with Gasteiger partial charge in [0.2, 0.25) is 0 Å². The van der Waals surface area contributed by atoms with Gasteiger partial charge in [-0.1, -0.05) is 18.2 Å². The lowest BCUT2D eigenvalue weighted by molar-refractivity contribution is 0.0998. The molecule has 98 valence electrons. The van der Waals surface area contributed by atoms with Crippen molar-refractivity contribution in [3.63, 3.8) is 0 Å². The van der Waals surface area contributed by atoms with Crippen LogP contribution in [-0.2, 0) is 6.54 Å². The monoisotopic (exact) mass is 260 g/mol. The number of amides is 1. The largest absolute Gasteiger partial charge is 0.456 e. The van der Waals surface area contributed by atoms with Crippen LogP contribution >= 0.6 is 0 Å². The minimum Gasteiger partial charge on any atom is -0.456 e. The molecule has 0 heterocycles. The van der Waals surface area contributed by atoms with Gasteiger partial charge in [-0.05, 0) is 24.3 Å². The molecule has 0 aliphatic carbocycles. The highest BCUT2D eigenvalue weighted by Crippen LogP contribution is 2.29. The fraction of sp³-hybridized carbons (Fsp3) is 0.0714. The van der Waals surface area contributed by atoms with Gasteiger partial charge in [-0.15, -0.1) is 0 Å². The van der Waals surface area contributed by atoms with Crippen LogP contribution in [0.4, 0.5) is 4.39 Å². The van der Waals surface area contributed by atoms with Crippen LogP contribution in [0.25, 0.3) is 0 Å². The van der Waals surface area contributed by atoms with Crippen molar-refractivity contribution >= 4 is 5.91 Å². The Morgan fingerprint density at radius 1 is 1.11 bits per heavy atom. The van der Waals surface area contributed by atoms with Crippen molar-refractivity contribution in [1.82, 2.24) is 0 Å². The summed E-state index contributed by atoms with van der Waals surface area (Å²) in [4.78, 5) is 11.3. The molecule has 0 fully saturated rings. The summed E-state index contributed by atoms with van der Waals surface area (Å²) in [5.41, 5.74) is 11.2. The number of hydrogen-bond acceptors (Lipinski definition) is 3. The molecular formula is C14H13FN2O2. The number of benzene rings is 2. The number of ether oxygens (including phenoxy) is 1. The van der Waals surface area contributed by atoms with E-state index in [1.807, 2.05) is 0 Å². The van der Waals surface area contributed by atoms with Crippen LogP contribution in [0.2, 0.25) is 0 Å². The fourth-order valence-corrected chi connectivity index (χ4v) is 1.71. The lowest BCUT2D eigenvalue weighted by Crippen LogP contribution is -2.12. The van der Waals surface area contributed by atoms with E-state index in [4.69, 9.17) is 16.2 Å². The van der Waals surface area contributed by atoms with E-state index in [0.29, 0.717) is 0 Å². The van der Waals surface area contributed by atoms with E-state index in [9.17, 15) is 9.18 Å². The summed E-state index contributed by atoms with van der Waals surface area (Å²) >= 11 is 0. The zero-order valence-corrected chi connectivity index (χ0v) is 10.1. The molecule has 19 heavy (non-hydrogen) atoms. The fourth-order valence-electron chi connectivity index (χ4n) is 1.71. The first-order valence-electron chi connectivity index (χ1n) is 5.67. The van der Waals surface area contributed by atoms with Gasteiger partial charge in [0.05, 0.1) is 5.56 Å². The first-order valence-corrected chi connectivity index (χ1v) is 5.67. The van der Waals surface area contributed by atoms with E-state index < -0.39 is 11.7 Å². The molecule has 2 aromatic carbocycles. The molecule has 0 atom stereocenters. The standard InChI is InChI=1S/C14H13FN2O2/c15-11-5-3-7-13(10(11)8-16)19-12-6-2-1-4-9(12)14(17)18/h1-7H,8,16H2,(H2,17,18). The van der Waals surface area contributed by atoms with E-state index in [2.05, 4.69) is 0 Å². The molecule has 0 saturated carbocycles. The topological polar surface area (TPSA) is 78.3 Å². The molecule has 0 aliphatic rings. The van der Waals surface area contributed by atoms with Gasteiger partial charge in [0.1, 0.15) is 17.3 Å². The molecule has 0 saturated heterocycles. The Balaban J connectivity index is 2.42. The van der Waals surface area contributed by atoms with E-state index in [-0.39, 0.29) is 29.2 Å². The second-order valence-corrected chi connectivity index (χ2v) is 3.88. The van der Waals surface area contributed by atoms with Gasteiger partial charge in [-0.3, -0.25) is 4.79 Å². The number of para-hydroxylation sites is 1. The van der Waals surface area contributed by atoms with Crippen LogP contribution in [0.5, 0.6) is 11.5 Å². The summed E-state index contributed by atoms with van der Waals surface area (Å²) < 4.78 is 19.1. The molecule has 4 nitrogen and oxygen atoms in total. The molecule has 0 aliphatic heterocycles. The number of halogens is 1. The van der Waals surface area contributed by atoms with Crippen LogP contribution in [-0.4, -0.2) is 5.91 Å². The van der Waals surface area contributed by atoms with Gasteiger partial charge in [0.15, 0.2) is 0 Å². The summed E-state index contributed by atoms with van der Waals surface area (Å²) in [5.74, 6) is -0.510. The molecule has 0 aromatic heterocycles. The van der Waals surface area contributed by atoms with Crippen molar-refractivity contribution in [3.8, 4) is 11.5 Å². The van der Waals surface area contributed by atoms with Crippen molar-refractivity contribution < 1.29 is 13.9 Å². The van der Waals surface area contributed by atoms with Crippen molar-refractivity contribution in [2.45, 2.75) is 6.54 Å². The zero-order chi connectivity index (χ0) is 13.8.